The molecule has 1 aliphatic carbocycles. The van der Waals surface area contributed by atoms with Gasteiger partial charge in [0.1, 0.15) is 0 Å². The van der Waals surface area contributed by atoms with Crippen LogP contribution >= 0.6 is 0 Å². The van der Waals surface area contributed by atoms with Crippen LogP contribution in [0, 0.1) is 16.7 Å². The van der Waals surface area contributed by atoms with Gasteiger partial charge in [0.25, 0.3) is 0 Å². The lowest BCUT2D eigenvalue weighted by Gasteiger charge is -2.25. The summed E-state index contributed by atoms with van der Waals surface area (Å²) in [5, 5.41) is 0. The molecule has 2 atom stereocenters. The van der Waals surface area contributed by atoms with Gasteiger partial charge in [0.2, 0.25) is 5.91 Å². The molecular formula is C14H23NO2. The standard InChI is InChI=1S/C14H23NO2/c1-13(2)9-15(11-8-17-7-10(11)13)12(16)6-14(3)4-5-14/h10-11H,4-9H2,1-3H3/t10-,11+/m1/s1. The lowest BCUT2D eigenvalue weighted by molar-refractivity contribution is -0.133. The molecule has 2 heterocycles. The second-order valence-corrected chi connectivity index (χ2v) is 7.21. The zero-order valence-corrected chi connectivity index (χ0v) is 11.2. The third kappa shape index (κ3) is 1.88. The molecule has 3 rings (SSSR count). The topological polar surface area (TPSA) is 29.5 Å². The Balaban J connectivity index is 1.73. The average molecular weight is 237 g/mol. The average Bonchev–Trinajstić information content (AvgIpc) is 2.73. The molecule has 0 unspecified atom stereocenters. The van der Waals surface area contributed by atoms with Crippen LogP contribution in [-0.2, 0) is 9.53 Å². The van der Waals surface area contributed by atoms with Crippen molar-refractivity contribution in [2.24, 2.45) is 16.7 Å². The lowest BCUT2D eigenvalue weighted by Crippen LogP contribution is -2.39. The molecule has 0 aromatic carbocycles. The molecule has 2 aliphatic heterocycles. The van der Waals surface area contributed by atoms with Crippen LogP contribution in [0.2, 0.25) is 0 Å². The van der Waals surface area contributed by atoms with Gasteiger partial charge in [-0.05, 0) is 23.7 Å². The fourth-order valence-corrected chi connectivity index (χ4v) is 3.40. The van der Waals surface area contributed by atoms with E-state index in [1.807, 2.05) is 0 Å². The third-order valence-corrected chi connectivity index (χ3v) is 5.03. The predicted octanol–water partition coefficient (Wildman–Crippen LogP) is 2.06. The van der Waals surface area contributed by atoms with Crippen molar-refractivity contribution in [2.75, 3.05) is 19.8 Å². The Morgan fingerprint density at radius 2 is 2.00 bits per heavy atom. The highest BCUT2D eigenvalue weighted by molar-refractivity contribution is 5.78. The molecule has 0 aromatic heterocycles. The molecule has 3 heteroatoms. The van der Waals surface area contributed by atoms with Gasteiger partial charge in [-0.25, -0.2) is 0 Å². The lowest BCUT2D eigenvalue weighted by atomic mass is 9.80. The SMILES string of the molecule is CC1(CC(=O)N2CC(C)(C)[C@@H]3COC[C@@H]32)CC1. The van der Waals surface area contributed by atoms with Crippen molar-refractivity contribution in [3.05, 3.63) is 0 Å². The van der Waals surface area contributed by atoms with Gasteiger partial charge >= 0.3 is 0 Å². The smallest absolute Gasteiger partial charge is 0.223 e. The summed E-state index contributed by atoms with van der Waals surface area (Å²) >= 11 is 0. The number of likely N-dealkylation sites (tertiary alicyclic amines) is 1. The number of nitrogens with zero attached hydrogens (tertiary/aromatic N) is 1. The van der Waals surface area contributed by atoms with E-state index >= 15 is 0 Å². The van der Waals surface area contributed by atoms with Gasteiger partial charge in [-0.15, -0.1) is 0 Å². The van der Waals surface area contributed by atoms with Crippen LogP contribution in [0.25, 0.3) is 0 Å². The Bertz CT molecular complexity index is 346. The number of rotatable bonds is 2. The molecule has 3 nitrogen and oxygen atoms in total. The number of ether oxygens (including phenoxy) is 1. The summed E-state index contributed by atoms with van der Waals surface area (Å²) in [6.45, 7) is 9.27. The Morgan fingerprint density at radius 3 is 2.65 bits per heavy atom. The maximum absolute atomic E-state index is 12.4. The van der Waals surface area contributed by atoms with Gasteiger partial charge in [-0.1, -0.05) is 20.8 Å². The van der Waals surface area contributed by atoms with Crippen molar-refractivity contribution in [1.29, 1.82) is 0 Å². The van der Waals surface area contributed by atoms with Crippen LogP contribution in [0.1, 0.15) is 40.0 Å². The molecule has 96 valence electrons. The molecule has 0 aromatic rings. The number of amides is 1. The van der Waals surface area contributed by atoms with E-state index in [-0.39, 0.29) is 5.41 Å². The van der Waals surface area contributed by atoms with Crippen LogP contribution in [-0.4, -0.2) is 36.6 Å². The monoisotopic (exact) mass is 237 g/mol. The zero-order chi connectivity index (χ0) is 12.3. The van der Waals surface area contributed by atoms with E-state index in [0.29, 0.717) is 23.3 Å². The number of hydrogen-bond acceptors (Lipinski definition) is 2. The highest BCUT2D eigenvalue weighted by Gasteiger charge is 2.52. The normalized spacial score (nSPS) is 37.0. The molecule has 0 N–H and O–H groups in total. The summed E-state index contributed by atoms with van der Waals surface area (Å²) in [5.41, 5.74) is 0.542. The summed E-state index contributed by atoms with van der Waals surface area (Å²) in [7, 11) is 0. The van der Waals surface area contributed by atoms with E-state index in [4.69, 9.17) is 4.74 Å². The second-order valence-electron chi connectivity index (χ2n) is 7.21. The van der Waals surface area contributed by atoms with Crippen molar-refractivity contribution in [1.82, 2.24) is 4.90 Å². The molecule has 1 saturated carbocycles. The van der Waals surface area contributed by atoms with Crippen LogP contribution in [0.15, 0.2) is 0 Å². The molecule has 17 heavy (non-hydrogen) atoms. The molecule has 3 aliphatic rings. The molecule has 0 spiro atoms. The number of fused-ring (bicyclic) bond motifs is 1. The third-order valence-electron chi connectivity index (χ3n) is 5.03. The predicted molar refractivity (Wildman–Crippen MR) is 65.5 cm³/mol. The molecule has 3 fully saturated rings. The van der Waals surface area contributed by atoms with Gasteiger partial charge in [0, 0.05) is 18.9 Å². The van der Waals surface area contributed by atoms with Crippen LogP contribution in [0.5, 0.6) is 0 Å². The Morgan fingerprint density at radius 1 is 1.29 bits per heavy atom. The number of hydrogen-bond donors (Lipinski definition) is 0. The van der Waals surface area contributed by atoms with E-state index in [2.05, 4.69) is 25.7 Å². The Hall–Kier alpha value is -0.570. The van der Waals surface area contributed by atoms with Gasteiger partial charge in [0.15, 0.2) is 0 Å². The van der Waals surface area contributed by atoms with E-state index in [9.17, 15) is 4.79 Å². The first kappa shape index (κ1) is 11.5. The molecular weight excluding hydrogens is 214 g/mol. The quantitative estimate of drug-likeness (QED) is 0.735. The second kappa shape index (κ2) is 3.47. The first-order valence-electron chi connectivity index (χ1n) is 6.79. The minimum Gasteiger partial charge on any atom is -0.379 e. The fraction of sp³-hybridized carbons (Fsp3) is 0.929. The molecule has 0 bridgehead atoms. The van der Waals surface area contributed by atoms with Crippen molar-refractivity contribution >= 4 is 5.91 Å². The number of carbonyl (C=O) groups excluding carboxylic acids is 1. The highest BCUT2D eigenvalue weighted by Crippen LogP contribution is 2.50. The highest BCUT2D eigenvalue weighted by atomic mass is 16.5. The van der Waals surface area contributed by atoms with Crippen LogP contribution in [0.3, 0.4) is 0 Å². The van der Waals surface area contributed by atoms with Crippen molar-refractivity contribution in [3.8, 4) is 0 Å². The van der Waals surface area contributed by atoms with Crippen LogP contribution < -0.4 is 0 Å². The van der Waals surface area contributed by atoms with E-state index in [0.717, 1.165) is 26.2 Å². The maximum Gasteiger partial charge on any atom is 0.223 e. The van der Waals surface area contributed by atoms with Gasteiger partial charge in [-0.2, -0.15) is 0 Å². The van der Waals surface area contributed by atoms with Crippen molar-refractivity contribution in [2.45, 2.75) is 46.1 Å². The summed E-state index contributed by atoms with van der Waals surface area (Å²) in [6.07, 6.45) is 3.19. The van der Waals surface area contributed by atoms with Crippen molar-refractivity contribution < 1.29 is 9.53 Å². The van der Waals surface area contributed by atoms with E-state index in [1.54, 1.807) is 0 Å². The molecule has 1 amide bonds. The van der Waals surface area contributed by atoms with Gasteiger partial charge in [-0.3, -0.25) is 4.79 Å². The summed E-state index contributed by atoms with van der Waals surface area (Å²) < 4.78 is 5.58. The summed E-state index contributed by atoms with van der Waals surface area (Å²) in [5.74, 6) is 0.898. The maximum atomic E-state index is 12.4. The van der Waals surface area contributed by atoms with E-state index in [1.165, 1.54) is 12.8 Å². The first-order valence-corrected chi connectivity index (χ1v) is 6.79. The molecule has 0 radical (unpaired) electrons. The summed E-state index contributed by atoms with van der Waals surface area (Å²) in [6, 6.07) is 0.347. The molecule has 2 saturated heterocycles. The van der Waals surface area contributed by atoms with Gasteiger partial charge < -0.3 is 9.64 Å². The largest absolute Gasteiger partial charge is 0.379 e. The van der Waals surface area contributed by atoms with Crippen molar-refractivity contribution in [3.63, 3.8) is 0 Å². The minimum absolute atomic E-state index is 0.223. The zero-order valence-electron chi connectivity index (χ0n) is 11.2. The number of carbonyl (C=O) groups is 1. The Labute approximate surface area is 104 Å². The van der Waals surface area contributed by atoms with E-state index < -0.39 is 0 Å². The minimum atomic E-state index is 0.223. The van der Waals surface area contributed by atoms with Crippen LogP contribution in [0.4, 0.5) is 0 Å². The fourth-order valence-electron chi connectivity index (χ4n) is 3.40. The first-order chi connectivity index (χ1) is 7.91. The summed E-state index contributed by atoms with van der Waals surface area (Å²) in [4.78, 5) is 14.5. The Kier molecular flexibility index (Phi) is 2.35. The van der Waals surface area contributed by atoms with Gasteiger partial charge in [0.05, 0.1) is 19.3 Å².